The summed E-state index contributed by atoms with van der Waals surface area (Å²) in [5.41, 5.74) is 2.08. The summed E-state index contributed by atoms with van der Waals surface area (Å²) in [5.74, 6) is 1.63. The van der Waals surface area contributed by atoms with Crippen LogP contribution in [0.25, 0.3) is 11.5 Å². The number of rotatable bonds is 4. The van der Waals surface area contributed by atoms with Gasteiger partial charge in [0.05, 0.1) is 18.8 Å². The van der Waals surface area contributed by atoms with Crippen LogP contribution in [-0.4, -0.2) is 39.0 Å². The van der Waals surface area contributed by atoms with Crippen LogP contribution in [0.15, 0.2) is 4.52 Å². The Labute approximate surface area is 178 Å². The van der Waals surface area contributed by atoms with Crippen molar-refractivity contribution in [1.82, 2.24) is 10.1 Å². The van der Waals surface area contributed by atoms with Crippen LogP contribution in [0.3, 0.4) is 0 Å². The van der Waals surface area contributed by atoms with E-state index in [4.69, 9.17) is 24.3 Å². The number of amides is 1. The van der Waals surface area contributed by atoms with E-state index in [1.54, 1.807) is 11.3 Å². The third-order valence-electron chi connectivity index (χ3n) is 5.20. The minimum atomic E-state index is -1.83. The zero-order valence-corrected chi connectivity index (χ0v) is 18.0. The van der Waals surface area contributed by atoms with Crippen LogP contribution < -0.4 is 5.32 Å². The molecule has 164 valence electrons. The molecule has 30 heavy (non-hydrogen) atoms. The molecular weight excluding hydrogens is 410 g/mol. The van der Waals surface area contributed by atoms with E-state index < -0.39 is 6.16 Å². The van der Waals surface area contributed by atoms with E-state index in [1.807, 2.05) is 13.8 Å². The van der Waals surface area contributed by atoms with Crippen molar-refractivity contribution in [2.75, 3.05) is 11.9 Å². The van der Waals surface area contributed by atoms with Crippen LogP contribution >= 0.6 is 11.3 Å². The maximum atomic E-state index is 12.8. The fourth-order valence-corrected chi connectivity index (χ4v) is 4.88. The van der Waals surface area contributed by atoms with Crippen LogP contribution in [0.4, 0.5) is 9.80 Å². The largest absolute Gasteiger partial charge is 0.503 e. The van der Waals surface area contributed by atoms with Crippen molar-refractivity contribution in [2.24, 2.45) is 5.92 Å². The highest BCUT2D eigenvalue weighted by molar-refractivity contribution is 7.17. The van der Waals surface area contributed by atoms with Gasteiger partial charge in [-0.1, -0.05) is 38.3 Å². The second kappa shape index (κ2) is 10.0. The van der Waals surface area contributed by atoms with Crippen LogP contribution in [-0.2, 0) is 22.6 Å². The Bertz CT molecular complexity index is 881. The van der Waals surface area contributed by atoms with E-state index in [2.05, 4.69) is 15.5 Å². The predicted molar refractivity (Wildman–Crippen MR) is 111 cm³/mol. The number of carbonyl (C=O) groups excluding carboxylic acids is 1. The zero-order chi connectivity index (χ0) is 21.7. The van der Waals surface area contributed by atoms with Crippen LogP contribution in [0.1, 0.15) is 68.1 Å². The topological polar surface area (TPSA) is 135 Å². The summed E-state index contributed by atoms with van der Waals surface area (Å²) in [6, 6.07) is 0. The van der Waals surface area contributed by atoms with Crippen molar-refractivity contribution in [1.29, 1.82) is 0 Å². The first-order valence-electron chi connectivity index (χ1n) is 10.2. The van der Waals surface area contributed by atoms with Gasteiger partial charge in [-0.15, -0.1) is 11.3 Å². The number of hydrogen-bond donors (Lipinski definition) is 3. The van der Waals surface area contributed by atoms with Crippen LogP contribution in [0, 0.1) is 5.92 Å². The molecule has 2 aliphatic rings. The average molecular weight is 438 g/mol. The molecule has 1 amide bonds. The molecule has 0 aromatic carbocycles. The summed E-state index contributed by atoms with van der Waals surface area (Å²) in [7, 11) is 0. The lowest BCUT2D eigenvalue weighted by Gasteiger charge is -2.20. The molecule has 2 aromatic heterocycles. The molecule has 2 aromatic rings. The Morgan fingerprint density at radius 3 is 2.53 bits per heavy atom. The van der Waals surface area contributed by atoms with Gasteiger partial charge in [-0.3, -0.25) is 4.79 Å². The number of nitrogens with zero attached hydrogens (tertiary/aromatic N) is 2. The fourth-order valence-electron chi connectivity index (χ4n) is 3.70. The van der Waals surface area contributed by atoms with Crippen molar-refractivity contribution in [3.05, 3.63) is 16.3 Å². The fraction of sp³-hybridized carbons (Fsp3) is 0.600. The standard InChI is InChI=1S/C19H25N3O3S.CH2O3/c1-11(2)16-20-18(25-22-16)15-13-8-9-24-10-14(13)26-19(15)21-17(23)12-6-4-3-5-7-12;2-1(3)4/h11-12H,3-10H2,1-2H3,(H,21,23);(H2,2,3,4). The molecule has 1 fully saturated rings. The summed E-state index contributed by atoms with van der Waals surface area (Å²) in [6.45, 7) is 5.34. The molecule has 1 aliphatic carbocycles. The number of carboxylic acid groups (broad SMARTS) is 2. The van der Waals surface area contributed by atoms with Crippen molar-refractivity contribution < 1.29 is 29.1 Å². The number of hydrogen-bond acceptors (Lipinski definition) is 7. The average Bonchev–Trinajstić information content (AvgIpc) is 3.32. The Morgan fingerprint density at radius 1 is 1.20 bits per heavy atom. The van der Waals surface area contributed by atoms with Crippen molar-refractivity contribution >= 4 is 28.4 Å². The molecule has 10 heteroatoms. The maximum Gasteiger partial charge on any atom is 0.503 e. The molecule has 0 bridgehead atoms. The van der Waals surface area contributed by atoms with E-state index in [9.17, 15) is 4.79 Å². The first-order valence-corrected chi connectivity index (χ1v) is 11.0. The van der Waals surface area contributed by atoms with Gasteiger partial charge in [0.25, 0.3) is 5.89 Å². The minimum Gasteiger partial charge on any atom is -0.450 e. The van der Waals surface area contributed by atoms with E-state index in [0.29, 0.717) is 24.9 Å². The first-order chi connectivity index (χ1) is 14.4. The third kappa shape index (κ3) is 5.37. The highest BCUT2D eigenvalue weighted by Crippen LogP contribution is 2.43. The molecule has 1 saturated carbocycles. The molecule has 0 atom stereocenters. The Morgan fingerprint density at radius 2 is 1.90 bits per heavy atom. The lowest BCUT2D eigenvalue weighted by molar-refractivity contribution is -0.120. The number of carbonyl (C=O) groups is 2. The normalized spacial score (nSPS) is 16.5. The molecule has 0 spiro atoms. The van der Waals surface area contributed by atoms with Gasteiger partial charge in [-0.05, 0) is 24.8 Å². The molecule has 0 radical (unpaired) electrons. The summed E-state index contributed by atoms with van der Waals surface area (Å²) in [6.07, 6.45) is 4.45. The molecule has 1 aliphatic heterocycles. The highest BCUT2D eigenvalue weighted by atomic mass is 32.1. The Balaban J connectivity index is 0.000000589. The summed E-state index contributed by atoms with van der Waals surface area (Å²) < 4.78 is 11.2. The van der Waals surface area contributed by atoms with E-state index in [1.165, 1.54) is 12.0 Å². The van der Waals surface area contributed by atoms with Gasteiger partial charge < -0.3 is 24.8 Å². The second-order valence-corrected chi connectivity index (χ2v) is 8.83. The van der Waals surface area contributed by atoms with E-state index in [0.717, 1.165) is 47.5 Å². The second-order valence-electron chi connectivity index (χ2n) is 7.73. The Hall–Kier alpha value is -2.46. The van der Waals surface area contributed by atoms with Crippen molar-refractivity contribution in [2.45, 2.75) is 64.9 Å². The molecule has 0 unspecified atom stereocenters. The van der Waals surface area contributed by atoms with Crippen LogP contribution in [0.2, 0.25) is 0 Å². The number of ether oxygens (including phenoxy) is 1. The molecule has 3 N–H and O–H groups in total. The van der Waals surface area contributed by atoms with Crippen molar-refractivity contribution in [3.8, 4) is 11.5 Å². The number of fused-ring (bicyclic) bond motifs is 1. The van der Waals surface area contributed by atoms with Gasteiger partial charge in [0, 0.05) is 16.7 Å². The monoisotopic (exact) mass is 437 g/mol. The van der Waals surface area contributed by atoms with Gasteiger partial charge >= 0.3 is 6.16 Å². The molecule has 9 nitrogen and oxygen atoms in total. The Kier molecular flexibility index (Phi) is 7.43. The van der Waals surface area contributed by atoms with Gasteiger partial charge in [0.2, 0.25) is 5.91 Å². The molecule has 4 rings (SSSR count). The minimum absolute atomic E-state index is 0.112. The third-order valence-corrected chi connectivity index (χ3v) is 6.33. The van der Waals surface area contributed by atoms with Crippen LogP contribution in [0.5, 0.6) is 0 Å². The molecule has 0 saturated heterocycles. The smallest absolute Gasteiger partial charge is 0.450 e. The number of nitrogens with one attached hydrogen (secondary N) is 1. The zero-order valence-electron chi connectivity index (χ0n) is 17.1. The number of anilines is 1. The molecule has 3 heterocycles. The SMILES string of the molecule is CC(C)c1noc(-c2c(NC(=O)C3CCCCC3)sc3c2CCOC3)n1.O=C(O)O. The van der Waals surface area contributed by atoms with Gasteiger partial charge in [0.15, 0.2) is 5.82 Å². The van der Waals surface area contributed by atoms with Crippen molar-refractivity contribution in [3.63, 3.8) is 0 Å². The first kappa shape index (κ1) is 22.2. The number of aromatic nitrogens is 2. The lowest BCUT2D eigenvalue weighted by atomic mass is 9.88. The maximum absolute atomic E-state index is 12.8. The lowest BCUT2D eigenvalue weighted by Crippen LogP contribution is -2.24. The van der Waals surface area contributed by atoms with Gasteiger partial charge in [-0.25, -0.2) is 4.79 Å². The van der Waals surface area contributed by atoms with E-state index >= 15 is 0 Å². The van der Waals surface area contributed by atoms with E-state index in [-0.39, 0.29) is 17.7 Å². The summed E-state index contributed by atoms with van der Waals surface area (Å²) >= 11 is 1.58. The summed E-state index contributed by atoms with van der Waals surface area (Å²) in [5, 5.41) is 22.0. The molecular formula is C20H27N3O6S. The van der Waals surface area contributed by atoms with Gasteiger partial charge in [-0.2, -0.15) is 4.98 Å². The van der Waals surface area contributed by atoms with Gasteiger partial charge in [0.1, 0.15) is 5.00 Å². The predicted octanol–water partition coefficient (Wildman–Crippen LogP) is 4.74. The number of thiophene rings is 1. The quantitative estimate of drug-likeness (QED) is 0.624. The highest BCUT2D eigenvalue weighted by Gasteiger charge is 2.29. The summed E-state index contributed by atoms with van der Waals surface area (Å²) in [4.78, 5) is 27.1.